The Bertz CT molecular complexity index is 449. The summed E-state index contributed by atoms with van der Waals surface area (Å²) in [6, 6.07) is 1.28. The summed E-state index contributed by atoms with van der Waals surface area (Å²) >= 11 is 10.5. The lowest BCUT2D eigenvalue weighted by Gasteiger charge is -2.35. The predicted molar refractivity (Wildman–Crippen MR) is 74.6 cm³/mol. The molecule has 1 fully saturated rings. The SMILES string of the molecule is NC(=S)CN1CCN(c2ncc(Cl)cc2F)CC1. The van der Waals surface area contributed by atoms with Crippen LogP contribution in [0.15, 0.2) is 12.3 Å². The van der Waals surface area contributed by atoms with Crippen molar-refractivity contribution in [2.75, 3.05) is 37.6 Å². The standard InChI is InChI=1S/C11H14ClFN4S/c12-8-5-9(13)11(15-6-8)17-3-1-16(2-4-17)7-10(14)18/h5-6H,1-4,7H2,(H2,14,18). The van der Waals surface area contributed by atoms with E-state index in [2.05, 4.69) is 9.88 Å². The van der Waals surface area contributed by atoms with Crippen LogP contribution in [0.25, 0.3) is 0 Å². The van der Waals surface area contributed by atoms with Gasteiger partial charge in [-0.3, -0.25) is 4.90 Å². The minimum Gasteiger partial charge on any atom is -0.392 e. The van der Waals surface area contributed by atoms with Crippen molar-refractivity contribution in [1.29, 1.82) is 0 Å². The van der Waals surface area contributed by atoms with Gasteiger partial charge in [-0.15, -0.1) is 0 Å². The van der Waals surface area contributed by atoms with Crippen molar-refractivity contribution >= 4 is 34.6 Å². The van der Waals surface area contributed by atoms with E-state index in [1.807, 2.05) is 4.90 Å². The maximum atomic E-state index is 13.7. The number of rotatable bonds is 3. The van der Waals surface area contributed by atoms with Crippen LogP contribution < -0.4 is 10.6 Å². The molecule has 0 aromatic carbocycles. The molecule has 7 heteroatoms. The molecule has 18 heavy (non-hydrogen) atoms. The van der Waals surface area contributed by atoms with Gasteiger partial charge in [-0.2, -0.15) is 0 Å². The Balaban J connectivity index is 1.99. The number of hydrogen-bond acceptors (Lipinski definition) is 4. The Morgan fingerprint density at radius 3 is 2.67 bits per heavy atom. The minimum atomic E-state index is -0.384. The second-order valence-corrected chi connectivity index (χ2v) is 5.15. The highest BCUT2D eigenvalue weighted by atomic mass is 35.5. The molecule has 2 N–H and O–H groups in total. The van der Waals surface area contributed by atoms with Gasteiger partial charge in [-0.1, -0.05) is 23.8 Å². The molecule has 1 aromatic rings. The van der Waals surface area contributed by atoms with Gasteiger partial charge in [0.05, 0.1) is 10.0 Å². The first-order chi connectivity index (χ1) is 8.56. The van der Waals surface area contributed by atoms with E-state index in [4.69, 9.17) is 29.6 Å². The third-order valence-electron chi connectivity index (χ3n) is 2.84. The summed E-state index contributed by atoms with van der Waals surface area (Å²) in [6.45, 7) is 3.60. The summed E-state index contributed by atoms with van der Waals surface area (Å²) < 4.78 is 13.7. The molecule has 0 spiro atoms. The van der Waals surface area contributed by atoms with Crippen molar-refractivity contribution in [2.45, 2.75) is 0 Å². The van der Waals surface area contributed by atoms with Crippen molar-refractivity contribution in [3.8, 4) is 0 Å². The molecule has 0 bridgehead atoms. The van der Waals surface area contributed by atoms with E-state index >= 15 is 0 Å². The van der Waals surface area contributed by atoms with E-state index in [0.29, 0.717) is 35.5 Å². The average molecular weight is 289 g/mol. The summed E-state index contributed by atoms with van der Waals surface area (Å²) in [5.41, 5.74) is 5.50. The molecule has 0 amide bonds. The van der Waals surface area contributed by atoms with E-state index in [-0.39, 0.29) is 5.82 Å². The van der Waals surface area contributed by atoms with Crippen LogP contribution in [0.2, 0.25) is 5.02 Å². The van der Waals surface area contributed by atoms with E-state index in [9.17, 15) is 4.39 Å². The van der Waals surface area contributed by atoms with Crippen molar-refractivity contribution in [3.63, 3.8) is 0 Å². The van der Waals surface area contributed by atoms with Crippen LogP contribution in [0, 0.1) is 5.82 Å². The number of pyridine rings is 1. The van der Waals surface area contributed by atoms with Crippen LogP contribution in [0.5, 0.6) is 0 Å². The van der Waals surface area contributed by atoms with Crippen LogP contribution in [0.1, 0.15) is 0 Å². The Hall–Kier alpha value is -0.980. The Morgan fingerprint density at radius 2 is 2.11 bits per heavy atom. The first-order valence-electron chi connectivity index (χ1n) is 5.63. The maximum Gasteiger partial charge on any atom is 0.167 e. The topological polar surface area (TPSA) is 45.4 Å². The van der Waals surface area contributed by atoms with Gasteiger partial charge in [-0.05, 0) is 6.07 Å². The number of nitrogens with zero attached hydrogens (tertiary/aromatic N) is 3. The number of piperazine rings is 1. The fourth-order valence-electron chi connectivity index (χ4n) is 1.98. The van der Waals surface area contributed by atoms with Gasteiger partial charge in [-0.25, -0.2) is 9.37 Å². The van der Waals surface area contributed by atoms with Gasteiger partial charge in [0.15, 0.2) is 11.6 Å². The molecule has 1 aliphatic heterocycles. The Kier molecular flexibility index (Phi) is 4.31. The monoisotopic (exact) mass is 288 g/mol. The van der Waals surface area contributed by atoms with Gasteiger partial charge in [0, 0.05) is 38.9 Å². The predicted octanol–water partition coefficient (Wildman–Crippen LogP) is 1.28. The van der Waals surface area contributed by atoms with Gasteiger partial charge >= 0.3 is 0 Å². The van der Waals surface area contributed by atoms with Gasteiger partial charge in [0.2, 0.25) is 0 Å². The van der Waals surface area contributed by atoms with Crippen LogP contribution in [0.3, 0.4) is 0 Å². The maximum absolute atomic E-state index is 13.7. The van der Waals surface area contributed by atoms with Gasteiger partial charge in [0.25, 0.3) is 0 Å². The van der Waals surface area contributed by atoms with Crippen LogP contribution in [0.4, 0.5) is 10.2 Å². The summed E-state index contributed by atoms with van der Waals surface area (Å²) in [6.07, 6.45) is 1.46. The highest BCUT2D eigenvalue weighted by Gasteiger charge is 2.20. The average Bonchev–Trinajstić information content (AvgIpc) is 2.30. The molecule has 2 heterocycles. The highest BCUT2D eigenvalue weighted by Crippen LogP contribution is 2.20. The quantitative estimate of drug-likeness (QED) is 0.849. The molecule has 98 valence electrons. The van der Waals surface area contributed by atoms with E-state index in [1.165, 1.54) is 12.3 Å². The first-order valence-corrected chi connectivity index (χ1v) is 6.41. The molecule has 0 atom stereocenters. The van der Waals surface area contributed by atoms with Gasteiger partial charge in [0.1, 0.15) is 0 Å². The molecule has 1 aliphatic rings. The molecule has 0 radical (unpaired) electrons. The second kappa shape index (κ2) is 5.77. The molecular weight excluding hydrogens is 275 g/mol. The lowest BCUT2D eigenvalue weighted by molar-refractivity contribution is 0.290. The zero-order valence-electron chi connectivity index (χ0n) is 9.77. The highest BCUT2D eigenvalue weighted by molar-refractivity contribution is 7.80. The normalized spacial score (nSPS) is 16.9. The largest absolute Gasteiger partial charge is 0.392 e. The molecular formula is C11H14ClFN4S. The third-order valence-corrected chi connectivity index (χ3v) is 3.18. The van der Waals surface area contributed by atoms with Crippen LogP contribution >= 0.6 is 23.8 Å². The first kappa shape index (κ1) is 13.5. The third kappa shape index (κ3) is 3.28. The number of anilines is 1. The smallest absolute Gasteiger partial charge is 0.167 e. The minimum absolute atomic E-state index is 0.309. The summed E-state index contributed by atoms with van der Waals surface area (Å²) in [5, 5.41) is 0.309. The lowest BCUT2D eigenvalue weighted by atomic mass is 10.3. The Labute approximate surface area is 116 Å². The molecule has 0 unspecified atom stereocenters. The molecule has 1 aromatic heterocycles. The van der Waals surface area contributed by atoms with Crippen molar-refractivity contribution in [1.82, 2.24) is 9.88 Å². The fourth-order valence-corrected chi connectivity index (χ4v) is 2.31. The van der Waals surface area contributed by atoms with Crippen molar-refractivity contribution in [2.24, 2.45) is 5.73 Å². The van der Waals surface area contributed by atoms with E-state index in [0.717, 1.165) is 13.1 Å². The fraction of sp³-hybridized carbons (Fsp3) is 0.455. The van der Waals surface area contributed by atoms with Crippen molar-refractivity contribution < 1.29 is 4.39 Å². The lowest BCUT2D eigenvalue weighted by Crippen LogP contribution is -2.49. The molecule has 0 aliphatic carbocycles. The summed E-state index contributed by atoms with van der Waals surface area (Å²) in [5.74, 6) is -0.0281. The number of nitrogens with two attached hydrogens (primary N) is 1. The molecule has 4 nitrogen and oxygen atoms in total. The Morgan fingerprint density at radius 1 is 1.44 bits per heavy atom. The second-order valence-electron chi connectivity index (χ2n) is 4.19. The zero-order chi connectivity index (χ0) is 13.1. The van der Waals surface area contributed by atoms with Crippen LogP contribution in [-0.4, -0.2) is 47.6 Å². The van der Waals surface area contributed by atoms with E-state index < -0.39 is 0 Å². The summed E-state index contributed by atoms with van der Waals surface area (Å²) in [7, 11) is 0. The van der Waals surface area contributed by atoms with E-state index in [1.54, 1.807) is 0 Å². The summed E-state index contributed by atoms with van der Waals surface area (Å²) in [4.78, 5) is 8.57. The number of hydrogen-bond donors (Lipinski definition) is 1. The molecule has 0 saturated carbocycles. The molecule has 2 rings (SSSR count). The zero-order valence-corrected chi connectivity index (χ0v) is 11.3. The van der Waals surface area contributed by atoms with Crippen LogP contribution in [-0.2, 0) is 0 Å². The molecule has 1 saturated heterocycles. The number of halogens is 2. The number of thiocarbonyl (C=S) groups is 1. The van der Waals surface area contributed by atoms with Gasteiger partial charge < -0.3 is 10.6 Å². The van der Waals surface area contributed by atoms with Crippen molar-refractivity contribution in [3.05, 3.63) is 23.1 Å². The number of aromatic nitrogens is 1.